The summed E-state index contributed by atoms with van der Waals surface area (Å²) in [5, 5.41) is 7.02. The van der Waals surface area contributed by atoms with Gasteiger partial charge in [-0.1, -0.05) is 24.6 Å². The van der Waals surface area contributed by atoms with E-state index in [1.54, 1.807) is 30.2 Å². The van der Waals surface area contributed by atoms with E-state index in [9.17, 15) is 27.6 Å². The number of nitrogens with one attached hydrogen (secondary N) is 1. The SMILES string of the molecule is CCc1c(N2CCN(C(=O)OC(C)(C)C)[C@H](C)C2)c(=O)n2nc(C3=CCC4(CCCO4)CC3)nc2n1CC(=O)Nc1ccc(C(F)(F)F)cc1Cl. The van der Waals surface area contributed by atoms with Gasteiger partial charge in [0.15, 0.2) is 5.82 Å². The van der Waals surface area contributed by atoms with Crippen LogP contribution < -0.4 is 15.8 Å². The van der Waals surface area contributed by atoms with Gasteiger partial charge >= 0.3 is 12.3 Å². The number of hydrogen-bond donors (Lipinski definition) is 1. The lowest BCUT2D eigenvalue weighted by atomic mass is 9.83. The van der Waals surface area contributed by atoms with Gasteiger partial charge in [0.05, 0.1) is 27.6 Å². The maximum Gasteiger partial charge on any atom is 0.416 e. The van der Waals surface area contributed by atoms with Crippen molar-refractivity contribution in [3.05, 3.63) is 56.7 Å². The third-order valence-electron chi connectivity index (χ3n) is 9.65. The molecular formula is C35H43ClF3N7O5. The highest BCUT2D eigenvalue weighted by Gasteiger charge is 2.38. The number of hydrogen-bond acceptors (Lipinski definition) is 8. The van der Waals surface area contributed by atoms with E-state index >= 15 is 0 Å². The molecule has 2 aromatic heterocycles. The summed E-state index contributed by atoms with van der Waals surface area (Å²) in [6, 6.07) is 2.39. The average molecular weight is 734 g/mol. The number of allylic oxidation sites excluding steroid dienone is 1. The molecule has 0 radical (unpaired) electrons. The molecule has 1 aliphatic carbocycles. The Morgan fingerprint density at radius 3 is 2.53 bits per heavy atom. The standard InChI is InChI=1S/C35H43ClF3N7O5/c1-6-26-28(43-15-16-44(21(2)19-43)32(49)51-33(3,4)5)30(48)46-31(41-29(42-46)22-10-13-34(14-11-22)12-7-17-50-34)45(26)20-27(47)40-25-9-8-23(18-24(25)36)35(37,38)39/h8-10,18,21H,6-7,11-17,19-20H2,1-5H3,(H,40,47)/t21-,34?/m1/s1. The van der Waals surface area contributed by atoms with Crippen LogP contribution in [0, 0.1) is 0 Å². The van der Waals surface area contributed by atoms with Crippen molar-refractivity contribution in [2.24, 2.45) is 0 Å². The Morgan fingerprint density at radius 2 is 1.94 bits per heavy atom. The van der Waals surface area contributed by atoms with Crippen molar-refractivity contribution in [2.75, 3.05) is 36.5 Å². The van der Waals surface area contributed by atoms with Gasteiger partial charge in [0.25, 0.3) is 5.56 Å². The highest BCUT2D eigenvalue weighted by Crippen LogP contribution is 2.41. The number of benzene rings is 1. The minimum atomic E-state index is -4.60. The molecule has 4 heterocycles. The Morgan fingerprint density at radius 1 is 1.18 bits per heavy atom. The van der Waals surface area contributed by atoms with Gasteiger partial charge in [-0.15, -0.1) is 5.10 Å². The summed E-state index contributed by atoms with van der Waals surface area (Å²) in [6.45, 7) is 10.5. The molecule has 6 rings (SSSR count). The summed E-state index contributed by atoms with van der Waals surface area (Å²) in [6.07, 6.45) is 1.55. The molecule has 2 saturated heterocycles. The first-order valence-corrected chi connectivity index (χ1v) is 17.6. The molecule has 12 nitrogen and oxygen atoms in total. The Hall–Kier alpha value is -4.11. The fourth-order valence-corrected chi connectivity index (χ4v) is 7.36. The predicted octanol–water partition coefficient (Wildman–Crippen LogP) is 6.33. The lowest BCUT2D eigenvalue weighted by molar-refractivity contribution is -0.137. The number of aromatic nitrogens is 4. The Labute approximate surface area is 298 Å². The van der Waals surface area contributed by atoms with Crippen LogP contribution in [0.3, 0.4) is 0 Å². The third kappa shape index (κ3) is 7.59. The second-order valence-corrected chi connectivity index (χ2v) is 14.9. The lowest BCUT2D eigenvalue weighted by Gasteiger charge is -2.41. The van der Waals surface area contributed by atoms with Crippen LogP contribution in [0.5, 0.6) is 0 Å². The van der Waals surface area contributed by atoms with Crippen LogP contribution in [0.15, 0.2) is 29.1 Å². The Kier molecular flexibility index (Phi) is 9.92. The van der Waals surface area contributed by atoms with E-state index < -0.39 is 34.9 Å². The fourth-order valence-electron chi connectivity index (χ4n) is 7.14. The number of ether oxygens (including phenoxy) is 2. The van der Waals surface area contributed by atoms with Crippen molar-refractivity contribution in [2.45, 2.75) is 103 Å². The number of amides is 2. The minimum absolute atomic E-state index is 0.00896. The van der Waals surface area contributed by atoms with Gasteiger partial charge in [0.1, 0.15) is 17.8 Å². The lowest BCUT2D eigenvalue weighted by Crippen LogP contribution is -2.56. The van der Waals surface area contributed by atoms with Crippen LogP contribution in [0.1, 0.15) is 83.8 Å². The van der Waals surface area contributed by atoms with E-state index in [0.717, 1.165) is 49.6 Å². The zero-order chi connectivity index (χ0) is 36.9. The number of piperazine rings is 1. The fraction of sp³-hybridized carbons (Fsp3) is 0.571. The van der Waals surface area contributed by atoms with Gasteiger partial charge in [-0.2, -0.15) is 22.7 Å². The van der Waals surface area contributed by atoms with Crippen LogP contribution in [-0.4, -0.2) is 79.6 Å². The molecule has 2 aliphatic heterocycles. The van der Waals surface area contributed by atoms with E-state index in [0.29, 0.717) is 56.1 Å². The molecule has 1 N–H and O–H groups in total. The number of carbonyl (C=O) groups excluding carboxylic acids is 2. The summed E-state index contributed by atoms with van der Waals surface area (Å²) in [5.41, 5.74) is -0.456. The Bertz CT molecular complexity index is 1930. The molecule has 16 heteroatoms. The molecule has 276 valence electrons. The van der Waals surface area contributed by atoms with Crippen molar-refractivity contribution in [3.8, 4) is 0 Å². The molecule has 2 amide bonds. The van der Waals surface area contributed by atoms with E-state index in [1.807, 2.05) is 18.7 Å². The number of anilines is 2. The second kappa shape index (κ2) is 13.8. The molecule has 0 saturated carbocycles. The highest BCUT2D eigenvalue weighted by atomic mass is 35.5. The summed E-state index contributed by atoms with van der Waals surface area (Å²) in [7, 11) is 0. The molecule has 1 aromatic carbocycles. The third-order valence-corrected chi connectivity index (χ3v) is 9.96. The van der Waals surface area contributed by atoms with E-state index in [2.05, 4.69) is 16.5 Å². The molecule has 1 unspecified atom stereocenters. The number of fused-ring (bicyclic) bond motifs is 1. The monoisotopic (exact) mass is 733 g/mol. The number of halogens is 4. The largest absolute Gasteiger partial charge is 0.444 e. The van der Waals surface area contributed by atoms with Crippen molar-refractivity contribution in [1.29, 1.82) is 0 Å². The number of carbonyl (C=O) groups is 2. The van der Waals surface area contributed by atoms with Gasteiger partial charge in [-0.3, -0.25) is 9.59 Å². The van der Waals surface area contributed by atoms with Crippen molar-refractivity contribution in [3.63, 3.8) is 0 Å². The van der Waals surface area contributed by atoms with Crippen LogP contribution in [0.4, 0.5) is 29.3 Å². The van der Waals surface area contributed by atoms with Gasteiger partial charge in [-0.05, 0) is 90.0 Å². The molecule has 2 fully saturated rings. The quantitative estimate of drug-likeness (QED) is 0.312. The predicted molar refractivity (Wildman–Crippen MR) is 186 cm³/mol. The molecule has 51 heavy (non-hydrogen) atoms. The van der Waals surface area contributed by atoms with E-state index in [-0.39, 0.29) is 34.7 Å². The topological polar surface area (TPSA) is 123 Å². The van der Waals surface area contributed by atoms with Crippen molar-refractivity contribution >= 4 is 46.3 Å². The molecule has 3 aromatic rings. The minimum Gasteiger partial charge on any atom is -0.444 e. The summed E-state index contributed by atoms with van der Waals surface area (Å²) in [4.78, 5) is 49.2. The molecule has 2 atom stereocenters. The smallest absolute Gasteiger partial charge is 0.416 e. The first kappa shape index (κ1) is 36.7. The molecule has 0 bridgehead atoms. The molecule has 1 spiro atoms. The average Bonchev–Trinajstić information content (AvgIpc) is 3.70. The Balaban J connectivity index is 1.37. The maximum atomic E-state index is 14.4. The zero-order valence-corrected chi connectivity index (χ0v) is 30.2. The number of rotatable bonds is 6. The summed E-state index contributed by atoms with van der Waals surface area (Å²) in [5.74, 6) is -0.0575. The molecular weight excluding hydrogens is 691 g/mol. The van der Waals surface area contributed by atoms with Gasteiger partial charge in [0, 0.05) is 32.3 Å². The molecule has 3 aliphatic rings. The van der Waals surface area contributed by atoms with Crippen LogP contribution in [0.25, 0.3) is 11.4 Å². The second-order valence-electron chi connectivity index (χ2n) is 14.5. The summed E-state index contributed by atoms with van der Waals surface area (Å²) < 4.78 is 54.2. The first-order chi connectivity index (χ1) is 24.0. The highest BCUT2D eigenvalue weighted by molar-refractivity contribution is 6.33. The van der Waals surface area contributed by atoms with Crippen LogP contribution in [-0.2, 0) is 33.4 Å². The van der Waals surface area contributed by atoms with Gasteiger partial charge in [-0.25, -0.2) is 4.79 Å². The number of nitrogens with zero attached hydrogens (tertiary/aromatic N) is 6. The number of alkyl halides is 3. The first-order valence-electron chi connectivity index (χ1n) is 17.3. The summed E-state index contributed by atoms with van der Waals surface area (Å²) >= 11 is 6.15. The van der Waals surface area contributed by atoms with Gasteiger partial charge < -0.3 is 29.2 Å². The maximum absolute atomic E-state index is 14.4. The van der Waals surface area contributed by atoms with E-state index in [4.69, 9.17) is 26.1 Å². The van der Waals surface area contributed by atoms with E-state index in [1.165, 1.54) is 4.52 Å². The van der Waals surface area contributed by atoms with Crippen molar-refractivity contribution in [1.82, 2.24) is 24.1 Å². The van der Waals surface area contributed by atoms with Crippen LogP contribution in [0.2, 0.25) is 5.02 Å². The van der Waals surface area contributed by atoms with Crippen LogP contribution >= 0.6 is 11.6 Å². The van der Waals surface area contributed by atoms with Crippen molar-refractivity contribution < 1.29 is 32.2 Å². The normalized spacial score (nSPS) is 21.4. The van der Waals surface area contributed by atoms with Gasteiger partial charge in [0.2, 0.25) is 11.7 Å². The zero-order valence-electron chi connectivity index (χ0n) is 29.4.